The van der Waals surface area contributed by atoms with Crippen LogP contribution in [0.25, 0.3) is 16.5 Å². The van der Waals surface area contributed by atoms with E-state index >= 15 is 0 Å². The van der Waals surface area contributed by atoms with Gasteiger partial charge >= 0.3 is 6.18 Å². The number of allylic oxidation sites excluding steroid dienone is 2. The third-order valence-electron chi connectivity index (χ3n) is 5.24. The van der Waals surface area contributed by atoms with E-state index in [1.54, 1.807) is 19.3 Å². The average Bonchev–Trinajstić information content (AvgIpc) is 2.66. The first kappa shape index (κ1) is 20.3. The van der Waals surface area contributed by atoms with Crippen LogP contribution in [0.3, 0.4) is 0 Å². The number of methoxy groups -OCH3 is 1. The summed E-state index contributed by atoms with van der Waals surface area (Å²) in [5, 5.41) is 0.735. The fourth-order valence-corrected chi connectivity index (χ4v) is 3.75. The Morgan fingerprint density at radius 3 is 2.71 bits per heavy atom. The van der Waals surface area contributed by atoms with Crippen LogP contribution < -0.4 is 5.73 Å². The van der Waals surface area contributed by atoms with E-state index in [9.17, 15) is 18.0 Å². The van der Waals surface area contributed by atoms with Gasteiger partial charge in [-0.2, -0.15) is 13.2 Å². The van der Waals surface area contributed by atoms with Gasteiger partial charge in [-0.1, -0.05) is 31.2 Å². The van der Waals surface area contributed by atoms with Crippen LogP contribution in [0.4, 0.5) is 13.2 Å². The fraction of sp³-hybridized carbons (Fsp3) is 0.429. The van der Waals surface area contributed by atoms with Crippen LogP contribution in [0.15, 0.2) is 30.3 Å². The number of aromatic nitrogens is 1. The first-order valence-electron chi connectivity index (χ1n) is 9.21. The maximum atomic E-state index is 13.0. The Hall–Kier alpha value is -2.41. The molecule has 0 saturated heterocycles. The number of benzene rings is 1. The molecule has 1 aliphatic rings. The minimum atomic E-state index is -4.17. The highest BCUT2D eigenvalue weighted by molar-refractivity contribution is 6.00. The Morgan fingerprint density at radius 1 is 1.39 bits per heavy atom. The van der Waals surface area contributed by atoms with Crippen molar-refractivity contribution in [2.45, 2.75) is 38.3 Å². The molecule has 3 rings (SSSR count). The van der Waals surface area contributed by atoms with E-state index in [0.29, 0.717) is 29.8 Å². The maximum Gasteiger partial charge on any atom is 0.392 e. The number of carbonyl (C=O) groups excluding carboxylic acids is 1. The van der Waals surface area contributed by atoms with Crippen LogP contribution in [0.2, 0.25) is 0 Å². The molecule has 1 heterocycles. The Kier molecular flexibility index (Phi) is 5.74. The van der Waals surface area contributed by atoms with Crippen LogP contribution in [0.5, 0.6) is 0 Å². The molecule has 0 spiro atoms. The molecule has 1 aromatic heterocycles. The van der Waals surface area contributed by atoms with Crippen molar-refractivity contribution < 1.29 is 22.7 Å². The number of rotatable bonds is 5. The van der Waals surface area contributed by atoms with Crippen LogP contribution in [-0.2, 0) is 4.74 Å². The van der Waals surface area contributed by atoms with Gasteiger partial charge in [0.05, 0.1) is 29.3 Å². The van der Waals surface area contributed by atoms with Crippen LogP contribution in [0, 0.1) is 5.92 Å². The molecule has 0 radical (unpaired) electrons. The Labute approximate surface area is 161 Å². The van der Waals surface area contributed by atoms with Gasteiger partial charge in [-0.05, 0) is 30.9 Å². The summed E-state index contributed by atoms with van der Waals surface area (Å²) < 4.78 is 44.1. The number of carbonyl (C=O) groups is 1. The minimum absolute atomic E-state index is 0.0263. The van der Waals surface area contributed by atoms with E-state index in [2.05, 4.69) is 0 Å². The lowest BCUT2D eigenvalue weighted by Crippen LogP contribution is -2.24. The Bertz CT molecular complexity index is 922. The third-order valence-corrected chi connectivity index (χ3v) is 5.24. The molecule has 2 atom stereocenters. The number of ether oxygens (including phenoxy) is 1. The molecular formula is C21H23F3N2O2. The molecule has 1 amide bonds. The number of pyridine rings is 1. The van der Waals surface area contributed by atoms with Crippen molar-refractivity contribution in [3.05, 3.63) is 47.2 Å². The second-order valence-corrected chi connectivity index (χ2v) is 7.26. The minimum Gasteiger partial charge on any atom is -0.384 e. The molecule has 2 aromatic rings. The van der Waals surface area contributed by atoms with Gasteiger partial charge in [-0.25, -0.2) is 0 Å². The van der Waals surface area contributed by atoms with Crippen molar-refractivity contribution >= 4 is 22.4 Å². The van der Waals surface area contributed by atoms with Crippen molar-refractivity contribution in [3.8, 4) is 0 Å². The highest BCUT2D eigenvalue weighted by Crippen LogP contribution is 2.40. The first-order valence-corrected chi connectivity index (χ1v) is 9.21. The zero-order valence-electron chi connectivity index (χ0n) is 15.8. The van der Waals surface area contributed by atoms with Gasteiger partial charge in [-0.3, -0.25) is 9.78 Å². The standard InChI is InChI=1S/C21H23F3N2O2/c1-12(11-28-2)18-17(20(25)27)10-14-4-3-5-16(19(14)26-18)13-6-8-15(9-7-13)21(22,23)24/h3-6,10,12,15H,7-9,11H2,1-2H3,(H2,25,27)/t12-,15?/m1/s1. The predicted octanol–water partition coefficient (Wildman–Crippen LogP) is 4.83. The number of alkyl halides is 3. The number of hydrogen-bond donors (Lipinski definition) is 1. The molecule has 2 N–H and O–H groups in total. The first-order chi connectivity index (χ1) is 13.2. The van der Waals surface area contributed by atoms with Crippen molar-refractivity contribution in [3.63, 3.8) is 0 Å². The summed E-state index contributed by atoms with van der Waals surface area (Å²) in [4.78, 5) is 16.6. The third kappa shape index (κ3) is 4.04. The molecule has 4 nitrogen and oxygen atoms in total. The lowest BCUT2D eigenvalue weighted by Gasteiger charge is -2.25. The van der Waals surface area contributed by atoms with E-state index in [1.165, 1.54) is 0 Å². The smallest absolute Gasteiger partial charge is 0.384 e. The monoisotopic (exact) mass is 392 g/mol. The van der Waals surface area contributed by atoms with E-state index in [4.69, 9.17) is 15.5 Å². The van der Waals surface area contributed by atoms with E-state index in [-0.39, 0.29) is 18.8 Å². The average molecular weight is 392 g/mol. The molecule has 0 aliphatic heterocycles. The molecule has 0 saturated carbocycles. The lowest BCUT2D eigenvalue weighted by molar-refractivity contribution is -0.175. The molecule has 7 heteroatoms. The molecule has 0 fully saturated rings. The van der Waals surface area contributed by atoms with Gasteiger partial charge in [-0.15, -0.1) is 0 Å². The summed E-state index contributed by atoms with van der Waals surface area (Å²) >= 11 is 0. The number of nitrogens with zero attached hydrogens (tertiary/aromatic N) is 1. The van der Waals surface area contributed by atoms with Crippen LogP contribution in [0.1, 0.15) is 53.7 Å². The number of amides is 1. The summed E-state index contributed by atoms with van der Waals surface area (Å²) in [6.07, 6.45) is -2.12. The number of primary amides is 1. The van der Waals surface area contributed by atoms with Gasteiger partial charge in [0.2, 0.25) is 0 Å². The fourth-order valence-electron chi connectivity index (χ4n) is 3.75. The van der Waals surface area contributed by atoms with Gasteiger partial charge in [0.25, 0.3) is 5.91 Å². The second-order valence-electron chi connectivity index (χ2n) is 7.26. The summed E-state index contributed by atoms with van der Waals surface area (Å²) in [6, 6.07) is 7.21. The normalized spacial score (nSPS) is 18.8. The largest absolute Gasteiger partial charge is 0.392 e. The molecule has 1 unspecified atom stereocenters. The summed E-state index contributed by atoms with van der Waals surface area (Å²) in [5.41, 5.74) is 8.75. The Morgan fingerprint density at radius 2 is 2.14 bits per heavy atom. The zero-order valence-corrected chi connectivity index (χ0v) is 15.8. The zero-order chi connectivity index (χ0) is 20.5. The van der Waals surface area contributed by atoms with Crippen molar-refractivity contribution in [1.82, 2.24) is 4.98 Å². The number of para-hydroxylation sites is 1. The van der Waals surface area contributed by atoms with Gasteiger partial charge in [0.1, 0.15) is 0 Å². The van der Waals surface area contributed by atoms with E-state index < -0.39 is 18.0 Å². The lowest BCUT2D eigenvalue weighted by atomic mass is 9.85. The molecular weight excluding hydrogens is 369 g/mol. The van der Waals surface area contributed by atoms with Gasteiger partial charge in [0, 0.05) is 24.0 Å². The van der Waals surface area contributed by atoms with Gasteiger partial charge in [0.15, 0.2) is 0 Å². The summed E-state index contributed by atoms with van der Waals surface area (Å²) in [6.45, 7) is 2.26. The van der Waals surface area contributed by atoms with Crippen molar-refractivity contribution in [1.29, 1.82) is 0 Å². The number of nitrogens with two attached hydrogens (primary N) is 1. The molecule has 150 valence electrons. The summed E-state index contributed by atoms with van der Waals surface area (Å²) in [7, 11) is 1.57. The number of fused-ring (bicyclic) bond motifs is 1. The highest BCUT2D eigenvalue weighted by atomic mass is 19.4. The van der Waals surface area contributed by atoms with Crippen molar-refractivity contribution in [2.24, 2.45) is 11.7 Å². The molecule has 1 aliphatic carbocycles. The van der Waals surface area contributed by atoms with Crippen molar-refractivity contribution in [2.75, 3.05) is 13.7 Å². The predicted molar refractivity (Wildman–Crippen MR) is 102 cm³/mol. The molecule has 28 heavy (non-hydrogen) atoms. The molecule has 0 bridgehead atoms. The second kappa shape index (κ2) is 7.91. The highest BCUT2D eigenvalue weighted by Gasteiger charge is 2.39. The van der Waals surface area contributed by atoms with E-state index in [0.717, 1.165) is 16.5 Å². The SMILES string of the molecule is COC[C@@H](C)c1nc2c(C3=CCC(C(F)(F)F)CC3)cccc2cc1C(N)=O. The topological polar surface area (TPSA) is 65.2 Å². The maximum absolute atomic E-state index is 13.0. The molecule has 1 aromatic carbocycles. The van der Waals surface area contributed by atoms with Crippen LogP contribution in [-0.4, -0.2) is 30.8 Å². The van der Waals surface area contributed by atoms with E-state index in [1.807, 2.05) is 25.1 Å². The summed E-state index contributed by atoms with van der Waals surface area (Å²) in [5.74, 6) is -2.01. The Balaban J connectivity index is 2.08. The number of hydrogen-bond acceptors (Lipinski definition) is 3. The van der Waals surface area contributed by atoms with Gasteiger partial charge < -0.3 is 10.5 Å². The van der Waals surface area contributed by atoms with Crippen LogP contribution >= 0.6 is 0 Å². The number of halogens is 3. The quantitative estimate of drug-likeness (QED) is 0.793.